The van der Waals surface area contributed by atoms with E-state index < -0.39 is 14.1 Å². The van der Waals surface area contributed by atoms with Crippen LogP contribution in [0.5, 0.6) is 5.75 Å². The molecule has 70 valence electrons. The molecule has 0 aliphatic carbocycles. The predicted octanol–water partition coefficient (Wildman–Crippen LogP) is 1.54. The maximum atomic E-state index is 10.6. The second kappa shape index (κ2) is 2.82. The molecule has 1 aliphatic heterocycles. The van der Waals surface area contributed by atoms with E-state index in [4.69, 9.17) is 4.89 Å². The highest BCUT2D eigenvalue weighted by molar-refractivity contribution is 7.48. The molecule has 0 spiro atoms. The van der Waals surface area contributed by atoms with E-state index in [1.807, 2.05) is 0 Å². The zero-order chi connectivity index (χ0) is 9.47. The van der Waals surface area contributed by atoms with Gasteiger partial charge in [-0.1, -0.05) is 18.2 Å². The molecule has 13 heavy (non-hydrogen) atoms. The lowest BCUT2D eigenvalue weighted by molar-refractivity contribution is -0.122. The molecule has 1 saturated heterocycles. The lowest BCUT2D eigenvalue weighted by Gasteiger charge is -2.30. The van der Waals surface area contributed by atoms with Crippen LogP contribution in [0.4, 0.5) is 0 Å². The van der Waals surface area contributed by atoms with E-state index in [9.17, 15) is 9.67 Å². The van der Waals surface area contributed by atoms with Gasteiger partial charge in [0.2, 0.25) is 6.29 Å². The predicted molar refractivity (Wildman–Crippen MR) is 42.8 cm³/mol. The molecule has 1 fully saturated rings. The lowest BCUT2D eigenvalue weighted by atomic mass is 10.2. The number of phosphoric acid groups is 1. The largest absolute Gasteiger partial charge is 0.507 e. The second-order valence-electron chi connectivity index (χ2n) is 2.57. The minimum Gasteiger partial charge on any atom is -0.507 e. The molecule has 2 rings (SSSR count). The maximum absolute atomic E-state index is 10.6. The molecule has 0 amide bonds. The number of benzene rings is 1. The van der Waals surface area contributed by atoms with Crippen LogP contribution in [0.25, 0.3) is 0 Å². The van der Waals surface area contributed by atoms with Crippen LogP contribution in [0.3, 0.4) is 0 Å². The fraction of sp³-hybridized carbons (Fsp3) is 0.143. The summed E-state index contributed by atoms with van der Waals surface area (Å²) >= 11 is 0. The van der Waals surface area contributed by atoms with Crippen molar-refractivity contribution < 1.29 is 23.6 Å². The summed E-state index contributed by atoms with van der Waals surface area (Å²) in [4.78, 5) is 8.67. The highest BCUT2D eigenvalue weighted by Crippen LogP contribution is 2.62. The Bertz CT molecular complexity index is 367. The van der Waals surface area contributed by atoms with Gasteiger partial charge in [-0.2, -0.15) is 0 Å². The zero-order valence-corrected chi connectivity index (χ0v) is 7.35. The van der Waals surface area contributed by atoms with Gasteiger partial charge in [-0.05, 0) is 6.07 Å². The van der Waals surface area contributed by atoms with E-state index in [1.165, 1.54) is 6.07 Å². The third kappa shape index (κ3) is 1.59. The first-order valence-corrected chi connectivity index (χ1v) is 5.05. The summed E-state index contributed by atoms with van der Waals surface area (Å²) in [5.74, 6) is -0.0211. The van der Waals surface area contributed by atoms with E-state index in [2.05, 4.69) is 9.05 Å². The Balaban J connectivity index is 2.20. The number of phenols is 1. The van der Waals surface area contributed by atoms with Gasteiger partial charge >= 0.3 is 7.82 Å². The van der Waals surface area contributed by atoms with E-state index in [0.29, 0.717) is 5.56 Å². The Morgan fingerprint density at radius 1 is 1.31 bits per heavy atom. The summed E-state index contributed by atoms with van der Waals surface area (Å²) in [5.41, 5.74) is 0.350. The average Bonchev–Trinajstić information content (AvgIpc) is 2.01. The lowest BCUT2D eigenvalue weighted by Crippen LogP contribution is -2.16. The van der Waals surface area contributed by atoms with Crippen molar-refractivity contribution in [2.75, 3.05) is 0 Å². The molecule has 0 radical (unpaired) electrons. The standard InChI is InChI=1S/C7H7O5P/c8-6-4-2-1-3-5(6)7-11-13(9,10)12-7/h1-4,7-8H,(H,9,10). The summed E-state index contributed by atoms with van der Waals surface area (Å²) in [6, 6.07) is 6.31. The van der Waals surface area contributed by atoms with Crippen LogP contribution in [-0.2, 0) is 13.6 Å². The molecule has 1 aromatic rings. The Labute approximate surface area is 74.2 Å². The maximum Gasteiger partial charge on any atom is 0.477 e. The van der Waals surface area contributed by atoms with Gasteiger partial charge in [0, 0.05) is 0 Å². The molecule has 6 heteroatoms. The van der Waals surface area contributed by atoms with Crippen molar-refractivity contribution in [1.29, 1.82) is 0 Å². The molecule has 0 saturated carbocycles. The third-order valence-electron chi connectivity index (χ3n) is 1.65. The first-order valence-electron chi connectivity index (χ1n) is 3.56. The van der Waals surface area contributed by atoms with Gasteiger partial charge in [-0.25, -0.2) is 4.57 Å². The number of phenolic OH excluding ortho intramolecular Hbond substituents is 1. The smallest absolute Gasteiger partial charge is 0.477 e. The fourth-order valence-corrected chi connectivity index (χ4v) is 1.78. The number of aromatic hydroxyl groups is 1. The van der Waals surface area contributed by atoms with Crippen molar-refractivity contribution in [2.45, 2.75) is 6.29 Å². The quantitative estimate of drug-likeness (QED) is 0.675. The van der Waals surface area contributed by atoms with Gasteiger partial charge in [0.25, 0.3) is 0 Å². The summed E-state index contributed by atoms with van der Waals surface area (Å²) < 4.78 is 19.6. The minimum atomic E-state index is -3.82. The Hall–Kier alpha value is -0.870. The van der Waals surface area contributed by atoms with Crippen LogP contribution in [0.1, 0.15) is 11.9 Å². The van der Waals surface area contributed by atoms with Gasteiger partial charge in [0.1, 0.15) is 5.75 Å². The summed E-state index contributed by atoms with van der Waals surface area (Å²) in [5, 5.41) is 9.28. The number of rotatable bonds is 1. The van der Waals surface area contributed by atoms with Crippen LogP contribution >= 0.6 is 7.82 Å². The summed E-state index contributed by atoms with van der Waals surface area (Å²) in [6.07, 6.45) is -0.933. The van der Waals surface area contributed by atoms with Gasteiger partial charge < -0.3 is 10.00 Å². The Kier molecular flexibility index (Phi) is 1.89. The molecule has 1 aliphatic rings. The monoisotopic (exact) mass is 202 g/mol. The van der Waals surface area contributed by atoms with Crippen LogP contribution < -0.4 is 0 Å². The third-order valence-corrected chi connectivity index (χ3v) is 2.56. The van der Waals surface area contributed by atoms with Crippen LogP contribution in [-0.4, -0.2) is 10.00 Å². The average molecular weight is 202 g/mol. The zero-order valence-electron chi connectivity index (χ0n) is 6.45. The molecule has 5 nitrogen and oxygen atoms in total. The van der Waals surface area contributed by atoms with E-state index >= 15 is 0 Å². The Morgan fingerprint density at radius 3 is 2.46 bits per heavy atom. The first-order chi connectivity index (χ1) is 6.08. The second-order valence-corrected chi connectivity index (χ2v) is 3.93. The molecule has 0 aromatic heterocycles. The first kappa shape index (κ1) is 8.72. The molecule has 2 N–H and O–H groups in total. The summed E-state index contributed by atoms with van der Waals surface area (Å²) in [7, 11) is -3.82. The molecule has 1 aromatic carbocycles. The van der Waals surface area contributed by atoms with Crippen molar-refractivity contribution >= 4 is 7.82 Å². The van der Waals surface area contributed by atoms with Crippen molar-refractivity contribution in [2.24, 2.45) is 0 Å². The van der Waals surface area contributed by atoms with Gasteiger partial charge in [-0.3, -0.25) is 9.05 Å². The number of phosphoric ester groups is 1. The van der Waals surface area contributed by atoms with Crippen LogP contribution in [0, 0.1) is 0 Å². The molecular formula is C7H7O5P. The fourth-order valence-electron chi connectivity index (χ4n) is 1.05. The van der Waals surface area contributed by atoms with Gasteiger partial charge in [0.05, 0.1) is 5.56 Å². The van der Waals surface area contributed by atoms with Crippen molar-refractivity contribution in [3.63, 3.8) is 0 Å². The topological polar surface area (TPSA) is 76.0 Å². The molecule has 0 bridgehead atoms. The van der Waals surface area contributed by atoms with Crippen LogP contribution in [0.2, 0.25) is 0 Å². The SMILES string of the molecule is O=P1(O)OC(c2ccccc2O)O1. The van der Waals surface area contributed by atoms with E-state index in [0.717, 1.165) is 0 Å². The van der Waals surface area contributed by atoms with E-state index in [-0.39, 0.29) is 5.75 Å². The van der Waals surface area contributed by atoms with Crippen molar-refractivity contribution in [3.8, 4) is 5.75 Å². The van der Waals surface area contributed by atoms with Gasteiger partial charge in [-0.15, -0.1) is 0 Å². The van der Waals surface area contributed by atoms with Crippen molar-refractivity contribution in [3.05, 3.63) is 29.8 Å². The number of para-hydroxylation sites is 1. The number of hydrogen-bond donors (Lipinski definition) is 2. The van der Waals surface area contributed by atoms with Crippen LogP contribution in [0.15, 0.2) is 24.3 Å². The molecular weight excluding hydrogens is 195 g/mol. The number of hydrogen-bond acceptors (Lipinski definition) is 4. The molecule has 0 unspecified atom stereocenters. The van der Waals surface area contributed by atoms with Gasteiger partial charge in [0.15, 0.2) is 0 Å². The Morgan fingerprint density at radius 2 is 1.92 bits per heavy atom. The van der Waals surface area contributed by atoms with E-state index in [1.54, 1.807) is 18.2 Å². The normalized spacial score (nSPS) is 32.5. The molecule has 1 heterocycles. The van der Waals surface area contributed by atoms with Crippen molar-refractivity contribution in [1.82, 2.24) is 0 Å². The minimum absolute atomic E-state index is 0.0211. The molecule has 0 atom stereocenters. The summed E-state index contributed by atoms with van der Waals surface area (Å²) in [6.45, 7) is 0. The highest BCUT2D eigenvalue weighted by atomic mass is 31.2. The highest BCUT2D eigenvalue weighted by Gasteiger charge is 2.43.